The van der Waals surface area contributed by atoms with Gasteiger partial charge in [-0.15, -0.1) is 17.9 Å². The molecule has 1 aromatic rings. The summed E-state index contributed by atoms with van der Waals surface area (Å²) in [4.78, 5) is 15.5. The third-order valence-corrected chi connectivity index (χ3v) is 4.50. The van der Waals surface area contributed by atoms with Crippen molar-refractivity contribution in [2.75, 3.05) is 19.6 Å². The van der Waals surface area contributed by atoms with Crippen LogP contribution in [0, 0.1) is 5.92 Å². The first-order chi connectivity index (χ1) is 9.20. The number of carbonyl (C=O) groups excluding carboxylic acids is 1. The maximum Gasteiger partial charge on any atom is 0.227 e. The van der Waals surface area contributed by atoms with Crippen LogP contribution in [-0.2, 0) is 11.3 Å². The number of piperidine rings is 1. The molecule has 0 radical (unpaired) electrons. The molecule has 1 unspecified atom stereocenters. The highest BCUT2D eigenvalue weighted by Gasteiger charge is 2.25. The second kappa shape index (κ2) is 7.08. The van der Waals surface area contributed by atoms with Gasteiger partial charge in [0.2, 0.25) is 5.91 Å². The van der Waals surface area contributed by atoms with Crippen molar-refractivity contribution in [2.45, 2.75) is 19.4 Å². The number of amides is 1. The topological polar surface area (TPSA) is 32.3 Å². The van der Waals surface area contributed by atoms with Gasteiger partial charge in [-0.1, -0.05) is 17.7 Å². The first kappa shape index (κ1) is 14.6. The molecule has 0 spiro atoms. The Bertz CT molecular complexity index is 440. The number of carbonyl (C=O) groups is 1. The minimum Gasteiger partial charge on any atom is -0.334 e. The average molecular weight is 299 g/mol. The molecule has 0 aliphatic carbocycles. The van der Waals surface area contributed by atoms with Gasteiger partial charge in [-0.25, -0.2) is 0 Å². The highest BCUT2D eigenvalue weighted by atomic mass is 35.5. The Morgan fingerprint density at radius 3 is 3.05 bits per heavy atom. The van der Waals surface area contributed by atoms with Crippen LogP contribution in [0.15, 0.2) is 24.8 Å². The van der Waals surface area contributed by atoms with Crippen LogP contribution in [0.3, 0.4) is 0 Å². The van der Waals surface area contributed by atoms with Crippen molar-refractivity contribution in [1.82, 2.24) is 10.2 Å². The number of nitrogens with one attached hydrogen (secondary N) is 1. The van der Waals surface area contributed by atoms with E-state index in [4.69, 9.17) is 11.6 Å². The van der Waals surface area contributed by atoms with Gasteiger partial charge in [-0.05, 0) is 31.5 Å². The summed E-state index contributed by atoms with van der Waals surface area (Å²) in [6.07, 6.45) is 3.83. The van der Waals surface area contributed by atoms with E-state index in [0.29, 0.717) is 13.1 Å². The van der Waals surface area contributed by atoms with E-state index < -0.39 is 0 Å². The van der Waals surface area contributed by atoms with Gasteiger partial charge in [0.25, 0.3) is 0 Å². The predicted octanol–water partition coefficient (Wildman–Crippen LogP) is 2.92. The monoisotopic (exact) mass is 298 g/mol. The maximum atomic E-state index is 12.5. The van der Waals surface area contributed by atoms with E-state index in [1.165, 1.54) is 11.3 Å². The molecule has 1 atom stereocenters. The molecular weight excluding hydrogens is 280 g/mol. The standard InChI is InChI=1S/C14H19ClN2OS/c1-2-8-17(10-12-5-6-13(15)19-12)14(18)11-4-3-7-16-9-11/h2,5-6,11,16H,1,3-4,7-10H2. The van der Waals surface area contributed by atoms with Crippen LogP contribution in [-0.4, -0.2) is 30.4 Å². The van der Waals surface area contributed by atoms with Gasteiger partial charge in [0.15, 0.2) is 0 Å². The van der Waals surface area contributed by atoms with Crippen molar-refractivity contribution < 1.29 is 4.79 Å². The van der Waals surface area contributed by atoms with Crippen molar-refractivity contribution in [1.29, 1.82) is 0 Å². The average Bonchev–Trinajstić information content (AvgIpc) is 2.84. The quantitative estimate of drug-likeness (QED) is 0.848. The van der Waals surface area contributed by atoms with Gasteiger partial charge in [0.05, 0.1) is 16.8 Å². The molecule has 104 valence electrons. The zero-order valence-corrected chi connectivity index (χ0v) is 12.5. The van der Waals surface area contributed by atoms with Crippen molar-refractivity contribution in [3.05, 3.63) is 34.0 Å². The molecule has 0 saturated carbocycles. The van der Waals surface area contributed by atoms with Crippen LogP contribution in [0.2, 0.25) is 4.34 Å². The van der Waals surface area contributed by atoms with Gasteiger partial charge >= 0.3 is 0 Å². The summed E-state index contributed by atoms with van der Waals surface area (Å²) in [7, 11) is 0. The number of halogens is 1. The lowest BCUT2D eigenvalue weighted by Gasteiger charge is -2.28. The summed E-state index contributed by atoms with van der Waals surface area (Å²) in [5.41, 5.74) is 0. The molecule has 19 heavy (non-hydrogen) atoms. The fourth-order valence-electron chi connectivity index (χ4n) is 2.33. The summed E-state index contributed by atoms with van der Waals surface area (Å²) in [5.74, 6) is 0.320. The second-order valence-electron chi connectivity index (χ2n) is 4.76. The molecule has 3 nitrogen and oxygen atoms in total. The molecular formula is C14H19ClN2OS. The van der Waals surface area contributed by atoms with E-state index in [2.05, 4.69) is 11.9 Å². The molecule has 0 bridgehead atoms. The number of hydrogen-bond acceptors (Lipinski definition) is 3. The number of thiophene rings is 1. The fourth-order valence-corrected chi connectivity index (χ4v) is 3.44. The van der Waals surface area contributed by atoms with Gasteiger partial charge in [0, 0.05) is 18.0 Å². The molecule has 2 heterocycles. The lowest BCUT2D eigenvalue weighted by molar-refractivity contribution is -0.136. The molecule has 1 saturated heterocycles. The Morgan fingerprint density at radius 1 is 1.63 bits per heavy atom. The van der Waals surface area contributed by atoms with E-state index in [0.717, 1.165) is 35.1 Å². The van der Waals surface area contributed by atoms with Gasteiger partial charge < -0.3 is 10.2 Å². The summed E-state index contributed by atoms with van der Waals surface area (Å²) >= 11 is 7.46. The lowest BCUT2D eigenvalue weighted by Crippen LogP contribution is -2.42. The molecule has 5 heteroatoms. The summed E-state index contributed by atoms with van der Waals surface area (Å²) in [5, 5.41) is 3.29. The van der Waals surface area contributed by atoms with E-state index >= 15 is 0 Å². The molecule has 1 fully saturated rings. The second-order valence-corrected chi connectivity index (χ2v) is 6.56. The number of hydrogen-bond donors (Lipinski definition) is 1. The summed E-state index contributed by atoms with van der Waals surface area (Å²) in [6, 6.07) is 3.86. The highest BCUT2D eigenvalue weighted by Crippen LogP contribution is 2.24. The zero-order chi connectivity index (χ0) is 13.7. The summed E-state index contributed by atoms with van der Waals surface area (Å²) < 4.78 is 0.764. The maximum absolute atomic E-state index is 12.5. The summed E-state index contributed by atoms with van der Waals surface area (Å²) in [6.45, 7) is 6.76. The third-order valence-electron chi connectivity index (χ3n) is 3.28. The first-order valence-electron chi connectivity index (χ1n) is 6.55. The predicted molar refractivity (Wildman–Crippen MR) is 80.5 cm³/mol. The first-order valence-corrected chi connectivity index (χ1v) is 7.74. The van der Waals surface area contributed by atoms with Crippen molar-refractivity contribution in [3.63, 3.8) is 0 Å². The van der Waals surface area contributed by atoms with Crippen LogP contribution in [0.4, 0.5) is 0 Å². The normalized spacial score (nSPS) is 19.1. The van der Waals surface area contributed by atoms with Gasteiger partial charge in [-0.2, -0.15) is 0 Å². The van der Waals surface area contributed by atoms with Crippen molar-refractivity contribution >= 4 is 28.8 Å². The SMILES string of the molecule is C=CCN(Cc1ccc(Cl)s1)C(=O)C1CCCNC1. The van der Waals surface area contributed by atoms with Crippen LogP contribution in [0.25, 0.3) is 0 Å². The Labute approximate surface area is 123 Å². The van der Waals surface area contributed by atoms with Crippen LogP contribution in [0.1, 0.15) is 17.7 Å². The highest BCUT2D eigenvalue weighted by molar-refractivity contribution is 7.16. The minimum atomic E-state index is 0.101. The van der Waals surface area contributed by atoms with Crippen LogP contribution >= 0.6 is 22.9 Å². The van der Waals surface area contributed by atoms with Crippen molar-refractivity contribution in [3.8, 4) is 0 Å². The van der Waals surface area contributed by atoms with E-state index in [-0.39, 0.29) is 11.8 Å². The molecule has 1 aliphatic rings. The van der Waals surface area contributed by atoms with Crippen molar-refractivity contribution in [2.24, 2.45) is 5.92 Å². The number of rotatable bonds is 5. The molecule has 2 rings (SSSR count). The number of nitrogens with zero attached hydrogens (tertiary/aromatic N) is 1. The lowest BCUT2D eigenvalue weighted by atomic mass is 9.98. The smallest absolute Gasteiger partial charge is 0.227 e. The molecule has 1 amide bonds. The Kier molecular flexibility index (Phi) is 5.43. The molecule has 1 aromatic heterocycles. The van der Waals surface area contributed by atoms with E-state index in [1.54, 1.807) is 6.08 Å². The van der Waals surface area contributed by atoms with Gasteiger partial charge in [-0.3, -0.25) is 4.79 Å². The minimum absolute atomic E-state index is 0.101. The molecule has 1 aliphatic heterocycles. The largest absolute Gasteiger partial charge is 0.334 e. The zero-order valence-electron chi connectivity index (χ0n) is 10.9. The Morgan fingerprint density at radius 2 is 2.47 bits per heavy atom. The van der Waals surface area contributed by atoms with Crippen LogP contribution in [0.5, 0.6) is 0 Å². The molecule has 0 aromatic carbocycles. The van der Waals surface area contributed by atoms with E-state index in [1.807, 2.05) is 17.0 Å². The Hall–Kier alpha value is -0.840. The van der Waals surface area contributed by atoms with Gasteiger partial charge in [0.1, 0.15) is 0 Å². The Balaban J connectivity index is 2.01. The molecule has 1 N–H and O–H groups in total. The van der Waals surface area contributed by atoms with E-state index in [9.17, 15) is 4.79 Å². The third kappa shape index (κ3) is 4.06. The van der Waals surface area contributed by atoms with Crippen LogP contribution < -0.4 is 5.32 Å². The fraction of sp³-hybridized carbons (Fsp3) is 0.500.